The van der Waals surface area contributed by atoms with Gasteiger partial charge in [-0.25, -0.2) is 4.98 Å². The fraction of sp³-hybridized carbons (Fsp3) is 0.353. The Morgan fingerprint density at radius 1 is 1.30 bits per heavy atom. The van der Waals surface area contributed by atoms with E-state index in [9.17, 15) is 4.79 Å². The van der Waals surface area contributed by atoms with Crippen LogP contribution in [0.1, 0.15) is 15.9 Å². The predicted octanol–water partition coefficient (Wildman–Crippen LogP) is 1.47. The molecule has 1 amide bonds. The minimum Gasteiger partial charge on any atom is -0.481 e. The van der Waals surface area contributed by atoms with E-state index in [-0.39, 0.29) is 17.9 Å². The van der Waals surface area contributed by atoms with Crippen LogP contribution in [0.5, 0.6) is 5.88 Å². The molecule has 1 aliphatic rings. The van der Waals surface area contributed by atoms with Gasteiger partial charge in [0.2, 0.25) is 5.88 Å². The van der Waals surface area contributed by atoms with Crippen LogP contribution in [-0.4, -0.2) is 42.2 Å². The first kappa shape index (κ1) is 15.4. The molecule has 1 aliphatic heterocycles. The van der Waals surface area contributed by atoms with Crippen LogP contribution in [0, 0.1) is 5.92 Å². The van der Waals surface area contributed by atoms with Crippen molar-refractivity contribution in [3.63, 3.8) is 0 Å². The number of nitrogens with one attached hydrogen (secondary N) is 1. The van der Waals surface area contributed by atoms with E-state index in [1.807, 2.05) is 12.1 Å². The van der Waals surface area contributed by atoms with Gasteiger partial charge in [-0.05, 0) is 30.2 Å². The number of rotatable bonds is 5. The number of hydrogen-bond acceptors (Lipinski definition) is 5. The summed E-state index contributed by atoms with van der Waals surface area (Å²) in [4.78, 5) is 20.4. The van der Waals surface area contributed by atoms with Crippen LogP contribution in [0.3, 0.4) is 0 Å². The Bertz CT molecular complexity index is 663. The van der Waals surface area contributed by atoms with E-state index in [4.69, 9.17) is 9.47 Å². The highest BCUT2D eigenvalue weighted by molar-refractivity contribution is 5.94. The molecule has 3 heterocycles. The van der Waals surface area contributed by atoms with Crippen molar-refractivity contribution in [3.8, 4) is 5.88 Å². The number of aromatic nitrogens is 2. The van der Waals surface area contributed by atoms with Gasteiger partial charge >= 0.3 is 0 Å². The minimum atomic E-state index is -0.138. The molecule has 0 saturated carbocycles. The molecule has 6 nitrogen and oxygen atoms in total. The van der Waals surface area contributed by atoms with Crippen molar-refractivity contribution in [2.75, 3.05) is 20.3 Å². The maximum Gasteiger partial charge on any atom is 0.251 e. The Morgan fingerprint density at radius 3 is 2.91 bits per heavy atom. The molecule has 3 rings (SSSR count). The van der Waals surface area contributed by atoms with Crippen LogP contribution < -0.4 is 10.1 Å². The fourth-order valence-corrected chi connectivity index (χ4v) is 2.69. The first-order chi connectivity index (χ1) is 11.3. The molecule has 120 valence electrons. The largest absolute Gasteiger partial charge is 0.481 e. The normalized spacial score (nSPS) is 20.2. The molecule has 2 aromatic rings. The van der Waals surface area contributed by atoms with E-state index in [1.165, 1.54) is 12.7 Å². The first-order valence-corrected chi connectivity index (χ1v) is 7.54. The summed E-state index contributed by atoms with van der Waals surface area (Å²) in [5, 5.41) is 3.05. The van der Waals surface area contributed by atoms with E-state index in [0.717, 1.165) is 6.42 Å². The Kier molecular flexibility index (Phi) is 4.83. The van der Waals surface area contributed by atoms with Crippen molar-refractivity contribution < 1.29 is 14.3 Å². The van der Waals surface area contributed by atoms with E-state index >= 15 is 0 Å². The second kappa shape index (κ2) is 7.19. The minimum absolute atomic E-state index is 0.00479. The summed E-state index contributed by atoms with van der Waals surface area (Å²) in [5.41, 5.74) is 1.73. The molecule has 1 fully saturated rings. The summed E-state index contributed by atoms with van der Waals surface area (Å²) in [6, 6.07) is 7.28. The Hall–Kier alpha value is -2.47. The summed E-state index contributed by atoms with van der Waals surface area (Å²) < 4.78 is 10.6. The number of ether oxygens (including phenoxy) is 2. The lowest BCUT2D eigenvalue weighted by Gasteiger charge is -2.19. The third-order valence-corrected chi connectivity index (χ3v) is 3.97. The van der Waals surface area contributed by atoms with E-state index in [1.54, 1.807) is 30.7 Å². The molecular formula is C17H19N3O3. The maximum absolute atomic E-state index is 12.4. The Morgan fingerprint density at radius 2 is 2.13 bits per heavy atom. The van der Waals surface area contributed by atoms with Crippen LogP contribution in [0.25, 0.3) is 0 Å². The summed E-state index contributed by atoms with van der Waals surface area (Å²) in [6.07, 6.45) is 5.98. The number of carbonyl (C=O) groups excluding carboxylic acids is 1. The van der Waals surface area contributed by atoms with Gasteiger partial charge in [0, 0.05) is 36.1 Å². The highest BCUT2D eigenvalue weighted by atomic mass is 16.5. The van der Waals surface area contributed by atoms with Crippen molar-refractivity contribution >= 4 is 5.91 Å². The SMILES string of the molecule is COc1cc(C(=O)N[C@H]2COC[C@H]2Cc2ccncc2)ccn1. The molecule has 6 heteroatoms. The number of pyridine rings is 2. The molecule has 1 N–H and O–H groups in total. The van der Waals surface area contributed by atoms with Crippen LogP contribution in [0.15, 0.2) is 42.9 Å². The van der Waals surface area contributed by atoms with Gasteiger partial charge in [-0.1, -0.05) is 0 Å². The lowest BCUT2D eigenvalue weighted by atomic mass is 9.95. The smallest absolute Gasteiger partial charge is 0.251 e. The van der Waals surface area contributed by atoms with E-state index in [2.05, 4.69) is 15.3 Å². The Labute approximate surface area is 134 Å². The molecule has 0 spiro atoms. The zero-order valence-corrected chi connectivity index (χ0v) is 12.9. The number of hydrogen-bond donors (Lipinski definition) is 1. The van der Waals surface area contributed by atoms with Gasteiger partial charge in [-0.3, -0.25) is 9.78 Å². The number of nitrogens with zero attached hydrogens (tertiary/aromatic N) is 2. The summed E-state index contributed by atoms with van der Waals surface area (Å²) in [7, 11) is 1.53. The van der Waals surface area contributed by atoms with Gasteiger partial charge in [0.1, 0.15) is 0 Å². The molecular weight excluding hydrogens is 294 g/mol. The summed E-state index contributed by atoms with van der Waals surface area (Å²) >= 11 is 0. The third-order valence-electron chi connectivity index (χ3n) is 3.97. The average Bonchev–Trinajstić information content (AvgIpc) is 3.02. The summed E-state index contributed by atoms with van der Waals surface area (Å²) in [5.74, 6) is 0.541. The van der Waals surface area contributed by atoms with Crippen molar-refractivity contribution in [2.24, 2.45) is 5.92 Å². The highest BCUT2D eigenvalue weighted by Gasteiger charge is 2.30. The third kappa shape index (κ3) is 3.84. The average molecular weight is 313 g/mol. The molecule has 0 aliphatic carbocycles. The Balaban J connectivity index is 1.65. The van der Waals surface area contributed by atoms with Crippen molar-refractivity contribution in [2.45, 2.75) is 12.5 Å². The van der Waals surface area contributed by atoms with Gasteiger partial charge in [0.25, 0.3) is 5.91 Å². The van der Waals surface area contributed by atoms with Crippen molar-refractivity contribution in [1.29, 1.82) is 0 Å². The quantitative estimate of drug-likeness (QED) is 0.905. The fourth-order valence-electron chi connectivity index (χ4n) is 2.69. The van der Waals surface area contributed by atoms with Crippen molar-refractivity contribution in [3.05, 3.63) is 54.0 Å². The lowest BCUT2D eigenvalue weighted by molar-refractivity contribution is 0.0924. The maximum atomic E-state index is 12.4. The standard InChI is InChI=1S/C17H19N3O3/c1-22-16-9-13(4-7-19-16)17(21)20-15-11-23-10-14(15)8-12-2-5-18-6-3-12/h2-7,9,14-15H,8,10-11H2,1H3,(H,20,21)/t14-,15+/m1/s1. The van der Waals surface area contributed by atoms with Gasteiger partial charge in [-0.15, -0.1) is 0 Å². The second-order valence-electron chi connectivity index (χ2n) is 5.52. The number of carbonyl (C=O) groups is 1. The molecule has 1 saturated heterocycles. The summed E-state index contributed by atoms with van der Waals surface area (Å²) in [6.45, 7) is 1.18. The van der Waals surface area contributed by atoms with E-state index in [0.29, 0.717) is 24.7 Å². The number of amides is 1. The van der Waals surface area contributed by atoms with Crippen LogP contribution in [0.2, 0.25) is 0 Å². The van der Waals surface area contributed by atoms with Crippen LogP contribution >= 0.6 is 0 Å². The first-order valence-electron chi connectivity index (χ1n) is 7.54. The topological polar surface area (TPSA) is 73.3 Å². The zero-order valence-electron chi connectivity index (χ0n) is 12.9. The molecule has 0 aromatic carbocycles. The second-order valence-corrected chi connectivity index (χ2v) is 5.52. The van der Waals surface area contributed by atoms with Crippen LogP contribution in [0.4, 0.5) is 0 Å². The molecule has 0 unspecified atom stereocenters. The molecule has 0 radical (unpaired) electrons. The van der Waals surface area contributed by atoms with Gasteiger partial charge < -0.3 is 14.8 Å². The van der Waals surface area contributed by atoms with Gasteiger partial charge in [0.15, 0.2) is 0 Å². The molecule has 2 aromatic heterocycles. The van der Waals surface area contributed by atoms with Crippen molar-refractivity contribution in [1.82, 2.24) is 15.3 Å². The highest BCUT2D eigenvalue weighted by Crippen LogP contribution is 2.19. The van der Waals surface area contributed by atoms with Gasteiger partial charge in [0.05, 0.1) is 26.4 Å². The zero-order chi connectivity index (χ0) is 16.1. The number of methoxy groups -OCH3 is 1. The molecule has 0 bridgehead atoms. The van der Waals surface area contributed by atoms with Gasteiger partial charge in [-0.2, -0.15) is 0 Å². The lowest BCUT2D eigenvalue weighted by Crippen LogP contribution is -2.40. The predicted molar refractivity (Wildman–Crippen MR) is 84.3 cm³/mol. The molecule has 2 atom stereocenters. The molecule has 23 heavy (non-hydrogen) atoms. The van der Waals surface area contributed by atoms with E-state index < -0.39 is 0 Å². The monoisotopic (exact) mass is 313 g/mol. The van der Waals surface area contributed by atoms with Crippen LogP contribution in [-0.2, 0) is 11.2 Å².